The lowest BCUT2D eigenvalue weighted by Crippen LogP contribution is -2.12. The van der Waals surface area contributed by atoms with Crippen molar-refractivity contribution in [3.05, 3.63) is 63.8 Å². The highest BCUT2D eigenvalue weighted by molar-refractivity contribution is 9.08. The van der Waals surface area contributed by atoms with Crippen molar-refractivity contribution in [1.82, 2.24) is 9.97 Å². The number of H-pyrrole nitrogens is 1. The Morgan fingerprint density at radius 3 is 2.71 bits per heavy atom. The van der Waals surface area contributed by atoms with Gasteiger partial charge in [-0.1, -0.05) is 34.1 Å². The van der Waals surface area contributed by atoms with Gasteiger partial charge in [0.05, 0.1) is 11.0 Å². The summed E-state index contributed by atoms with van der Waals surface area (Å²) in [5.41, 5.74) is 3.45. The SMILES string of the molecule is Cc1nc2c(-c3ccccc3F)cc(CBr)cc2[nH]c1=O. The third-order valence-electron chi connectivity index (χ3n) is 3.34. The molecule has 1 N–H and O–H groups in total. The molecule has 0 spiro atoms. The van der Waals surface area contributed by atoms with Gasteiger partial charge >= 0.3 is 0 Å². The van der Waals surface area contributed by atoms with E-state index in [9.17, 15) is 9.18 Å². The molecule has 21 heavy (non-hydrogen) atoms. The van der Waals surface area contributed by atoms with Crippen molar-refractivity contribution >= 4 is 27.0 Å². The first-order valence-electron chi connectivity index (χ1n) is 6.44. The van der Waals surface area contributed by atoms with Crippen LogP contribution in [0.4, 0.5) is 4.39 Å². The van der Waals surface area contributed by atoms with Crippen LogP contribution >= 0.6 is 15.9 Å². The average molecular weight is 347 g/mol. The number of aryl methyl sites for hydroxylation is 1. The summed E-state index contributed by atoms with van der Waals surface area (Å²) >= 11 is 3.40. The fourth-order valence-electron chi connectivity index (χ4n) is 2.30. The van der Waals surface area contributed by atoms with Gasteiger partial charge in [-0.15, -0.1) is 0 Å². The molecule has 0 saturated carbocycles. The molecule has 0 aliphatic rings. The summed E-state index contributed by atoms with van der Waals surface area (Å²) in [6.45, 7) is 1.64. The molecule has 0 aliphatic carbocycles. The number of aromatic amines is 1. The predicted octanol–water partition coefficient (Wildman–Crippen LogP) is 3.93. The van der Waals surface area contributed by atoms with Crippen LogP contribution < -0.4 is 5.56 Å². The molecule has 0 saturated heterocycles. The largest absolute Gasteiger partial charge is 0.319 e. The van der Waals surface area contributed by atoms with Crippen LogP contribution in [0.2, 0.25) is 0 Å². The third-order valence-corrected chi connectivity index (χ3v) is 3.99. The molecule has 0 aliphatic heterocycles. The molecule has 5 heteroatoms. The molecule has 0 fully saturated rings. The van der Waals surface area contributed by atoms with Crippen LogP contribution in [0.5, 0.6) is 0 Å². The van der Waals surface area contributed by atoms with Gasteiger partial charge in [-0.05, 0) is 30.7 Å². The number of hydrogen-bond donors (Lipinski definition) is 1. The third kappa shape index (κ3) is 2.49. The summed E-state index contributed by atoms with van der Waals surface area (Å²) in [6, 6.07) is 10.3. The molecule has 0 amide bonds. The van der Waals surface area contributed by atoms with E-state index in [1.807, 2.05) is 12.1 Å². The number of benzene rings is 2. The maximum Gasteiger partial charge on any atom is 0.269 e. The van der Waals surface area contributed by atoms with E-state index in [0.717, 1.165) is 5.56 Å². The Labute approximate surface area is 129 Å². The van der Waals surface area contributed by atoms with Gasteiger partial charge in [0.1, 0.15) is 11.5 Å². The van der Waals surface area contributed by atoms with Gasteiger partial charge in [-0.25, -0.2) is 9.37 Å². The van der Waals surface area contributed by atoms with Crippen molar-refractivity contribution in [2.45, 2.75) is 12.3 Å². The van der Waals surface area contributed by atoms with Crippen LogP contribution in [0.15, 0.2) is 41.2 Å². The first-order chi connectivity index (χ1) is 10.1. The summed E-state index contributed by atoms with van der Waals surface area (Å²) in [4.78, 5) is 18.9. The van der Waals surface area contributed by atoms with Crippen LogP contribution in [0.1, 0.15) is 11.3 Å². The van der Waals surface area contributed by atoms with E-state index in [1.165, 1.54) is 6.07 Å². The zero-order valence-electron chi connectivity index (χ0n) is 11.3. The Morgan fingerprint density at radius 1 is 1.24 bits per heavy atom. The molecule has 0 bridgehead atoms. The minimum Gasteiger partial charge on any atom is -0.319 e. The number of aromatic nitrogens is 2. The Bertz CT molecular complexity index is 889. The molecule has 106 valence electrons. The topological polar surface area (TPSA) is 45.8 Å². The minimum absolute atomic E-state index is 0.228. The Hall–Kier alpha value is -2.01. The summed E-state index contributed by atoms with van der Waals surface area (Å²) in [5, 5.41) is 0.611. The van der Waals surface area contributed by atoms with Gasteiger partial charge in [0.2, 0.25) is 0 Å². The highest BCUT2D eigenvalue weighted by Crippen LogP contribution is 2.30. The second-order valence-corrected chi connectivity index (χ2v) is 5.37. The Balaban J connectivity index is 2.43. The predicted molar refractivity (Wildman–Crippen MR) is 85.1 cm³/mol. The molecule has 3 aromatic rings. The lowest BCUT2D eigenvalue weighted by atomic mass is 10.0. The molecule has 1 aromatic heterocycles. The zero-order valence-corrected chi connectivity index (χ0v) is 12.9. The van der Waals surface area contributed by atoms with E-state index in [4.69, 9.17) is 0 Å². The smallest absolute Gasteiger partial charge is 0.269 e. The lowest BCUT2D eigenvalue weighted by Gasteiger charge is -2.10. The van der Waals surface area contributed by atoms with Crippen molar-refractivity contribution in [2.24, 2.45) is 0 Å². The quantitative estimate of drug-likeness (QED) is 0.714. The second-order valence-electron chi connectivity index (χ2n) is 4.80. The number of hydrogen-bond acceptors (Lipinski definition) is 2. The van der Waals surface area contributed by atoms with E-state index >= 15 is 0 Å². The molecule has 0 unspecified atom stereocenters. The van der Waals surface area contributed by atoms with Crippen LogP contribution in [0.3, 0.4) is 0 Å². The van der Waals surface area contributed by atoms with E-state index in [1.54, 1.807) is 25.1 Å². The van der Waals surface area contributed by atoms with Crippen molar-refractivity contribution in [3.63, 3.8) is 0 Å². The van der Waals surface area contributed by atoms with Crippen LogP contribution in [-0.4, -0.2) is 9.97 Å². The summed E-state index contributed by atoms with van der Waals surface area (Å²) < 4.78 is 14.1. The van der Waals surface area contributed by atoms with Gasteiger partial charge in [-0.2, -0.15) is 0 Å². The van der Waals surface area contributed by atoms with E-state index < -0.39 is 0 Å². The molecule has 1 heterocycles. The second kappa shape index (κ2) is 5.41. The number of nitrogens with one attached hydrogen (secondary N) is 1. The van der Waals surface area contributed by atoms with Crippen molar-refractivity contribution < 1.29 is 4.39 Å². The highest BCUT2D eigenvalue weighted by Gasteiger charge is 2.12. The standard InChI is InChI=1S/C16H12BrFN2O/c1-9-16(21)20-14-7-10(8-17)6-12(15(14)19-9)11-4-2-3-5-13(11)18/h2-7H,8H2,1H3,(H,20,21). The summed E-state index contributed by atoms with van der Waals surface area (Å²) in [7, 11) is 0. The van der Waals surface area contributed by atoms with E-state index in [2.05, 4.69) is 25.9 Å². The van der Waals surface area contributed by atoms with Crippen molar-refractivity contribution in [2.75, 3.05) is 0 Å². The first kappa shape index (κ1) is 13.9. The van der Waals surface area contributed by atoms with Crippen LogP contribution in [0, 0.1) is 12.7 Å². The Kier molecular flexibility index (Phi) is 3.59. The number of halogens is 2. The fraction of sp³-hybridized carbons (Fsp3) is 0.125. The van der Waals surface area contributed by atoms with Crippen molar-refractivity contribution in [3.8, 4) is 11.1 Å². The fourth-order valence-corrected chi connectivity index (χ4v) is 2.63. The highest BCUT2D eigenvalue weighted by atomic mass is 79.9. The van der Waals surface area contributed by atoms with E-state index in [-0.39, 0.29) is 11.4 Å². The maximum absolute atomic E-state index is 14.1. The van der Waals surface area contributed by atoms with Crippen molar-refractivity contribution in [1.29, 1.82) is 0 Å². The molecule has 0 radical (unpaired) electrons. The van der Waals surface area contributed by atoms with Gasteiger partial charge in [-0.3, -0.25) is 4.79 Å². The Morgan fingerprint density at radius 2 is 2.00 bits per heavy atom. The zero-order chi connectivity index (χ0) is 15.0. The number of fused-ring (bicyclic) bond motifs is 1. The minimum atomic E-state index is -0.309. The number of nitrogens with zero attached hydrogens (tertiary/aromatic N) is 1. The average Bonchev–Trinajstić information content (AvgIpc) is 2.48. The molecular formula is C16H12BrFN2O. The van der Waals surface area contributed by atoms with Gasteiger partial charge in [0.15, 0.2) is 0 Å². The molecule has 0 atom stereocenters. The monoisotopic (exact) mass is 346 g/mol. The number of alkyl halides is 1. The van der Waals surface area contributed by atoms with Gasteiger partial charge in [0, 0.05) is 16.5 Å². The maximum atomic E-state index is 14.1. The lowest BCUT2D eigenvalue weighted by molar-refractivity contribution is 0.631. The van der Waals surface area contributed by atoms with Gasteiger partial charge in [0.25, 0.3) is 5.56 Å². The van der Waals surface area contributed by atoms with Crippen LogP contribution in [0.25, 0.3) is 22.2 Å². The van der Waals surface area contributed by atoms with Gasteiger partial charge < -0.3 is 4.98 Å². The molecule has 2 aromatic carbocycles. The molecular weight excluding hydrogens is 335 g/mol. The number of rotatable bonds is 2. The van der Waals surface area contributed by atoms with Crippen LogP contribution in [-0.2, 0) is 5.33 Å². The van der Waals surface area contributed by atoms with E-state index in [0.29, 0.717) is 33.2 Å². The first-order valence-corrected chi connectivity index (χ1v) is 7.56. The molecule has 3 rings (SSSR count). The summed E-state index contributed by atoms with van der Waals surface area (Å²) in [6.07, 6.45) is 0. The normalized spacial score (nSPS) is 11.0. The summed E-state index contributed by atoms with van der Waals surface area (Å²) in [5.74, 6) is -0.309. The molecule has 3 nitrogen and oxygen atoms in total.